The van der Waals surface area contributed by atoms with Crippen LogP contribution in [0.4, 0.5) is 0 Å². The van der Waals surface area contributed by atoms with Crippen molar-refractivity contribution in [1.82, 2.24) is 5.32 Å². The lowest BCUT2D eigenvalue weighted by Gasteiger charge is -2.29. The van der Waals surface area contributed by atoms with Gasteiger partial charge in [-0.3, -0.25) is 0 Å². The largest absolute Gasteiger partial charge is 0.513 e. The van der Waals surface area contributed by atoms with Gasteiger partial charge in [0.15, 0.2) is 0 Å². The van der Waals surface area contributed by atoms with E-state index < -0.39 is 0 Å². The Morgan fingerprint density at radius 1 is 1.32 bits per heavy atom. The van der Waals surface area contributed by atoms with Gasteiger partial charge in [-0.1, -0.05) is 37.7 Å². The van der Waals surface area contributed by atoms with Crippen LogP contribution in [0.15, 0.2) is 42.8 Å². The molecule has 2 atom stereocenters. The molecular formula is C19H28BNO. The Bertz CT molecular complexity index is 544. The predicted molar refractivity (Wildman–Crippen MR) is 96.7 cm³/mol. The number of hydrogen-bond donors (Lipinski definition) is 2. The van der Waals surface area contributed by atoms with Crippen molar-refractivity contribution in [2.45, 2.75) is 51.8 Å². The highest BCUT2D eigenvalue weighted by atomic mass is 16.3. The third-order valence-corrected chi connectivity index (χ3v) is 4.90. The number of benzene rings is 1. The molecule has 0 bridgehead atoms. The van der Waals surface area contributed by atoms with Gasteiger partial charge in [-0.15, -0.1) is 0 Å². The second-order valence-corrected chi connectivity index (χ2v) is 6.77. The number of allylic oxidation sites excluding steroid dienone is 2. The van der Waals surface area contributed by atoms with Crippen LogP contribution in [0.2, 0.25) is 6.32 Å². The molecule has 3 heteroatoms. The summed E-state index contributed by atoms with van der Waals surface area (Å²) in [7, 11) is 1.16. The standard InChI is InChI=1S/C19H28BNO/c1-13-6-5-7-18(16(13)4)10-14(2)21-19-9-8-17(12-20-19)11-15(3)22/h5-7,17,19-22H,2-3,8-12H2,1,4H3. The number of rotatable bonds is 6. The molecule has 2 rings (SSSR count). The normalized spacial score (nSPS) is 21.0. The molecule has 0 spiro atoms. The van der Waals surface area contributed by atoms with Crippen molar-refractivity contribution in [3.63, 3.8) is 0 Å². The summed E-state index contributed by atoms with van der Waals surface area (Å²) < 4.78 is 0. The topological polar surface area (TPSA) is 32.3 Å². The molecule has 0 aromatic heterocycles. The van der Waals surface area contributed by atoms with E-state index in [-0.39, 0.29) is 0 Å². The van der Waals surface area contributed by atoms with E-state index in [1.165, 1.54) is 16.7 Å². The summed E-state index contributed by atoms with van der Waals surface area (Å²) in [6.07, 6.45) is 5.14. The summed E-state index contributed by atoms with van der Waals surface area (Å²) in [5, 5.41) is 12.9. The van der Waals surface area contributed by atoms with Gasteiger partial charge >= 0.3 is 0 Å². The summed E-state index contributed by atoms with van der Waals surface area (Å²) in [4.78, 5) is 0. The van der Waals surface area contributed by atoms with Gasteiger partial charge in [0.05, 0.1) is 5.76 Å². The lowest BCUT2D eigenvalue weighted by atomic mass is 9.56. The van der Waals surface area contributed by atoms with Gasteiger partial charge in [0.2, 0.25) is 0 Å². The van der Waals surface area contributed by atoms with Crippen LogP contribution in [-0.4, -0.2) is 18.3 Å². The van der Waals surface area contributed by atoms with Crippen molar-refractivity contribution in [2.24, 2.45) is 5.92 Å². The molecule has 22 heavy (non-hydrogen) atoms. The molecule has 0 saturated carbocycles. The average Bonchev–Trinajstić information content (AvgIpc) is 2.45. The van der Waals surface area contributed by atoms with Gasteiger partial charge < -0.3 is 10.4 Å². The Balaban J connectivity index is 1.81. The average molecular weight is 297 g/mol. The Morgan fingerprint density at radius 3 is 2.73 bits per heavy atom. The number of aliphatic hydroxyl groups excluding tert-OH is 1. The van der Waals surface area contributed by atoms with Crippen molar-refractivity contribution in [3.8, 4) is 0 Å². The van der Waals surface area contributed by atoms with E-state index in [0.29, 0.717) is 17.6 Å². The Hall–Kier alpha value is -1.64. The molecule has 0 aliphatic carbocycles. The molecular weight excluding hydrogens is 269 g/mol. The van der Waals surface area contributed by atoms with Crippen LogP contribution in [0.3, 0.4) is 0 Å². The van der Waals surface area contributed by atoms with Crippen LogP contribution in [-0.2, 0) is 6.42 Å². The molecule has 2 N–H and O–H groups in total. The zero-order valence-corrected chi connectivity index (χ0v) is 14.0. The molecule has 1 aromatic rings. The highest BCUT2D eigenvalue weighted by molar-refractivity contribution is 6.38. The van der Waals surface area contributed by atoms with Crippen molar-refractivity contribution < 1.29 is 5.11 Å². The minimum Gasteiger partial charge on any atom is -0.513 e. The van der Waals surface area contributed by atoms with Gasteiger partial charge in [0.1, 0.15) is 7.28 Å². The van der Waals surface area contributed by atoms with E-state index in [2.05, 4.69) is 50.5 Å². The maximum absolute atomic E-state index is 9.30. The van der Waals surface area contributed by atoms with E-state index in [0.717, 1.165) is 45.0 Å². The van der Waals surface area contributed by atoms with Crippen molar-refractivity contribution in [1.29, 1.82) is 0 Å². The van der Waals surface area contributed by atoms with E-state index in [1.807, 2.05) is 0 Å². The Labute approximate surface area is 135 Å². The molecule has 2 unspecified atom stereocenters. The molecule has 1 heterocycles. The molecule has 1 aliphatic heterocycles. The van der Waals surface area contributed by atoms with Gasteiger partial charge in [0.25, 0.3) is 0 Å². The molecule has 1 fully saturated rings. The van der Waals surface area contributed by atoms with Crippen LogP contribution in [0.1, 0.15) is 36.0 Å². The monoisotopic (exact) mass is 297 g/mol. The van der Waals surface area contributed by atoms with E-state index in [9.17, 15) is 5.11 Å². The minimum absolute atomic E-state index is 0.329. The maximum Gasteiger partial charge on any atom is 0.149 e. The van der Waals surface area contributed by atoms with E-state index in [4.69, 9.17) is 0 Å². The van der Waals surface area contributed by atoms with Crippen molar-refractivity contribution in [2.75, 3.05) is 0 Å². The SMILES string of the molecule is C=C(O)CC1CBC(NC(=C)Cc2cccc(C)c2C)CC1. The first-order valence-electron chi connectivity index (χ1n) is 8.32. The number of hydrogen-bond acceptors (Lipinski definition) is 2. The lowest BCUT2D eigenvalue weighted by molar-refractivity contribution is 0.341. The van der Waals surface area contributed by atoms with Crippen LogP contribution in [0, 0.1) is 19.8 Å². The fourth-order valence-corrected chi connectivity index (χ4v) is 3.42. The second kappa shape index (κ2) is 7.57. The Kier molecular flexibility index (Phi) is 5.76. The second-order valence-electron chi connectivity index (χ2n) is 6.77. The summed E-state index contributed by atoms with van der Waals surface area (Å²) in [6, 6.07) is 6.47. The quantitative estimate of drug-likeness (QED) is 0.614. The highest BCUT2D eigenvalue weighted by Crippen LogP contribution is 2.25. The molecule has 1 saturated heterocycles. The van der Waals surface area contributed by atoms with E-state index in [1.54, 1.807) is 0 Å². The fourth-order valence-electron chi connectivity index (χ4n) is 3.42. The van der Waals surface area contributed by atoms with Crippen LogP contribution < -0.4 is 5.32 Å². The van der Waals surface area contributed by atoms with Gasteiger partial charge in [-0.25, -0.2) is 0 Å². The predicted octanol–water partition coefficient (Wildman–Crippen LogP) is 4.00. The molecule has 2 nitrogen and oxygen atoms in total. The third-order valence-electron chi connectivity index (χ3n) is 4.90. The highest BCUT2D eigenvalue weighted by Gasteiger charge is 2.22. The number of aryl methyl sites for hydroxylation is 1. The molecule has 1 aromatic carbocycles. The zero-order valence-electron chi connectivity index (χ0n) is 14.0. The lowest BCUT2D eigenvalue weighted by Crippen LogP contribution is -2.38. The van der Waals surface area contributed by atoms with Gasteiger partial charge in [0, 0.05) is 18.5 Å². The summed E-state index contributed by atoms with van der Waals surface area (Å²) in [6.45, 7) is 12.2. The van der Waals surface area contributed by atoms with Crippen LogP contribution >= 0.6 is 0 Å². The minimum atomic E-state index is 0.329. The zero-order chi connectivity index (χ0) is 16.1. The molecule has 0 radical (unpaired) electrons. The maximum atomic E-state index is 9.30. The third kappa shape index (κ3) is 4.69. The van der Waals surface area contributed by atoms with Crippen molar-refractivity contribution in [3.05, 3.63) is 59.5 Å². The number of aliphatic hydroxyl groups is 1. The molecule has 1 aliphatic rings. The smallest absolute Gasteiger partial charge is 0.149 e. The molecule has 0 amide bonds. The van der Waals surface area contributed by atoms with Crippen molar-refractivity contribution >= 4 is 7.28 Å². The first-order chi connectivity index (χ1) is 10.5. The Morgan fingerprint density at radius 2 is 2.09 bits per heavy atom. The van der Waals surface area contributed by atoms with Gasteiger partial charge in [-0.2, -0.15) is 0 Å². The van der Waals surface area contributed by atoms with E-state index >= 15 is 0 Å². The summed E-state index contributed by atoms with van der Waals surface area (Å²) >= 11 is 0. The summed E-state index contributed by atoms with van der Waals surface area (Å²) in [5.41, 5.74) is 5.19. The fraction of sp³-hybridized carbons (Fsp3) is 0.474. The van der Waals surface area contributed by atoms with Crippen LogP contribution in [0.25, 0.3) is 0 Å². The van der Waals surface area contributed by atoms with Crippen LogP contribution in [0.5, 0.6) is 0 Å². The van der Waals surface area contributed by atoms with Gasteiger partial charge in [-0.05, 0) is 55.2 Å². The summed E-state index contributed by atoms with van der Waals surface area (Å²) in [5.74, 6) is 1.46. The molecule has 118 valence electrons. The number of nitrogens with one attached hydrogen (secondary N) is 1. The first kappa shape index (κ1) is 16.7. The first-order valence-corrected chi connectivity index (χ1v) is 8.32.